The molecule has 0 aliphatic heterocycles. The molecule has 0 spiro atoms. The van der Waals surface area contributed by atoms with E-state index in [1.54, 1.807) is 0 Å². The van der Waals surface area contributed by atoms with Gasteiger partial charge >= 0.3 is 0 Å². The Bertz CT molecular complexity index is 219. The second kappa shape index (κ2) is 7.56. The highest BCUT2D eigenvalue weighted by atomic mass is 32.1. The van der Waals surface area contributed by atoms with Crippen LogP contribution < -0.4 is 10.6 Å². The molecular formula is C10H20N2O2S. The van der Waals surface area contributed by atoms with Crippen LogP contribution in [0.25, 0.3) is 0 Å². The number of nitrogens with one attached hydrogen (secondary N) is 2. The number of hydrogen-bond donors (Lipinski definition) is 3. The van der Waals surface area contributed by atoms with Crippen LogP contribution in [0.5, 0.6) is 0 Å². The van der Waals surface area contributed by atoms with Crippen molar-refractivity contribution >= 4 is 24.4 Å². The molecular weight excluding hydrogens is 212 g/mol. The van der Waals surface area contributed by atoms with E-state index in [1.165, 1.54) is 0 Å². The second-order valence-corrected chi connectivity index (χ2v) is 4.24. The van der Waals surface area contributed by atoms with Gasteiger partial charge in [-0.25, -0.2) is 0 Å². The summed E-state index contributed by atoms with van der Waals surface area (Å²) >= 11 is 4.17. The molecule has 0 aromatic carbocycles. The SMILES string of the molecule is CCNC(=O)CCNC(=O)C(S)C(C)C. The Labute approximate surface area is 96.6 Å². The molecule has 0 aliphatic carbocycles. The van der Waals surface area contributed by atoms with Crippen molar-refractivity contribution in [1.29, 1.82) is 0 Å². The quantitative estimate of drug-likeness (QED) is 0.587. The summed E-state index contributed by atoms with van der Waals surface area (Å²) in [6.07, 6.45) is 0.318. The van der Waals surface area contributed by atoms with Crippen molar-refractivity contribution in [1.82, 2.24) is 10.6 Å². The summed E-state index contributed by atoms with van der Waals surface area (Å²) in [5, 5.41) is 5.03. The number of thiol groups is 1. The molecule has 88 valence electrons. The standard InChI is InChI=1S/C10H20N2O2S/c1-4-11-8(13)5-6-12-10(14)9(15)7(2)3/h7,9,15H,4-6H2,1-3H3,(H,11,13)(H,12,14). The second-order valence-electron chi connectivity index (χ2n) is 3.68. The Morgan fingerprint density at radius 2 is 1.87 bits per heavy atom. The third-order valence-corrected chi connectivity index (χ3v) is 2.76. The zero-order valence-electron chi connectivity index (χ0n) is 9.54. The lowest BCUT2D eigenvalue weighted by atomic mass is 10.1. The Hall–Kier alpha value is -0.710. The highest BCUT2D eigenvalue weighted by Gasteiger charge is 2.16. The van der Waals surface area contributed by atoms with Crippen molar-refractivity contribution < 1.29 is 9.59 Å². The van der Waals surface area contributed by atoms with Crippen LogP contribution in [-0.2, 0) is 9.59 Å². The van der Waals surface area contributed by atoms with Crippen molar-refractivity contribution in [3.8, 4) is 0 Å². The van der Waals surface area contributed by atoms with Gasteiger partial charge in [-0.15, -0.1) is 0 Å². The van der Waals surface area contributed by atoms with Crippen molar-refractivity contribution in [2.24, 2.45) is 5.92 Å². The third kappa shape index (κ3) is 6.38. The summed E-state index contributed by atoms with van der Waals surface area (Å²) in [5.41, 5.74) is 0. The van der Waals surface area contributed by atoms with Gasteiger partial charge in [0.1, 0.15) is 0 Å². The van der Waals surface area contributed by atoms with E-state index < -0.39 is 0 Å². The Morgan fingerprint density at radius 3 is 2.33 bits per heavy atom. The maximum atomic E-state index is 11.4. The van der Waals surface area contributed by atoms with Crippen LogP contribution in [0.3, 0.4) is 0 Å². The largest absolute Gasteiger partial charge is 0.356 e. The van der Waals surface area contributed by atoms with Gasteiger partial charge in [-0.2, -0.15) is 12.6 Å². The van der Waals surface area contributed by atoms with Crippen LogP contribution in [0.4, 0.5) is 0 Å². The van der Waals surface area contributed by atoms with E-state index in [-0.39, 0.29) is 23.0 Å². The minimum absolute atomic E-state index is 0.0435. The summed E-state index contributed by atoms with van der Waals surface area (Å²) < 4.78 is 0. The number of hydrogen-bond acceptors (Lipinski definition) is 3. The summed E-state index contributed by atoms with van der Waals surface area (Å²) in [4.78, 5) is 22.5. The number of carbonyl (C=O) groups excluding carboxylic acids is 2. The molecule has 0 saturated heterocycles. The predicted octanol–water partition coefficient (Wildman–Crippen LogP) is 0.583. The van der Waals surface area contributed by atoms with Gasteiger partial charge in [-0.3, -0.25) is 9.59 Å². The topological polar surface area (TPSA) is 58.2 Å². The molecule has 1 atom stereocenters. The van der Waals surface area contributed by atoms with Gasteiger partial charge in [-0.1, -0.05) is 13.8 Å². The van der Waals surface area contributed by atoms with Crippen molar-refractivity contribution in [3.63, 3.8) is 0 Å². The van der Waals surface area contributed by atoms with Gasteiger partial charge < -0.3 is 10.6 Å². The summed E-state index contributed by atoms with van der Waals surface area (Å²) in [7, 11) is 0. The van der Waals surface area contributed by atoms with Crippen molar-refractivity contribution in [2.75, 3.05) is 13.1 Å². The van der Waals surface area contributed by atoms with Crippen LogP contribution in [0.1, 0.15) is 27.2 Å². The van der Waals surface area contributed by atoms with E-state index >= 15 is 0 Å². The van der Waals surface area contributed by atoms with Crippen LogP contribution in [-0.4, -0.2) is 30.2 Å². The molecule has 2 amide bonds. The fourth-order valence-electron chi connectivity index (χ4n) is 0.992. The molecule has 0 saturated carbocycles. The van der Waals surface area contributed by atoms with Crippen LogP contribution in [0.2, 0.25) is 0 Å². The zero-order valence-corrected chi connectivity index (χ0v) is 10.4. The molecule has 0 aromatic rings. The Balaban J connectivity index is 3.68. The smallest absolute Gasteiger partial charge is 0.233 e. The monoisotopic (exact) mass is 232 g/mol. The van der Waals surface area contributed by atoms with Crippen LogP contribution >= 0.6 is 12.6 Å². The van der Waals surface area contributed by atoms with E-state index in [1.807, 2.05) is 20.8 Å². The fourth-order valence-corrected chi connectivity index (χ4v) is 1.08. The van der Waals surface area contributed by atoms with E-state index in [9.17, 15) is 9.59 Å². The summed E-state index contributed by atoms with van der Waals surface area (Å²) in [5.74, 6) is 0.0356. The molecule has 0 aliphatic rings. The van der Waals surface area contributed by atoms with E-state index in [2.05, 4.69) is 23.3 Å². The Morgan fingerprint density at radius 1 is 1.27 bits per heavy atom. The molecule has 2 N–H and O–H groups in total. The molecule has 0 fully saturated rings. The van der Waals surface area contributed by atoms with Gasteiger partial charge in [0.05, 0.1) is 5.25 Å². The van der Waals surface area contributed by atoms with Gasteiger partial charge in [-0.05, 0) is 12.8 Å². The van der Waals surface area contributed by atoms with Crippen LogP contribution in [0.15, 0.2) is 0 Å². The van der Waals surface area contributed by atoms with Crippen molar-refractivity contribution in [2.45, 2.75) is 32.4 Å². The molecule has 5 heteroatoms. The molecule has 0 bridgehead atoms. The summed E-state index contributed by atoms with van der Waals surface area (Å²) in [6, 6.07) is 0. The van der Waals surface area contributed by atoms with Gasteiger partial charge in [0.2, 0.25) is 11.8 Å². The zero-order chi connectivity index (χ0) is 11.8. The lowest BCUT2D eigenvalue weighted by molar-refractivity contribution is -0.122. The van der Waals surface area contributed by atoms with E-state index in [0.717, 1.165) is 0 Å². The van der Waals surface area contributed by atoms with E-state index in [0.29, 0.717) is 19.5 Å². The molecule has 0 heterocycles. The Kier molecular flexibility index (Phi) is 7.21. The first-order valence-corrected chi connectivity index (χ1v) is 5.73. The molecule has 0 rings (SSSR count). The van der Waals surface area contributed by atoms with Crippen LogP contribution in [0, 0.1) is 5.92 Å². The number of rotatable bonds is 6. The van der Waals surface area contributed by atoms with E-state index in [4.69, 9.17) is 0 Å². The van der Waals surface area contributed by atoms with Gasteiger partial charge in [0.15, 0.2) is 0 Å². The highest BCUT2D eigenvalue weighted by Crippen LogP contribution is 2.08. The third-order valence-electron chi connectivity index (χ3n) is 1.93. The molecule has 15 heavy (non-hydrogen) atoms. The fraction of sp³-hybridized carbons (Fsp3) is 0.800. The minimum Gasteiger partial charge on any atom is -0.356 e. The first kappa shape index (κ1) is 14.3. The average Bonchev–Trinajstić information content (AvgIpc) is 2.16. The summed E-state index contributed by atoms with van der Waals surface area (Å²) in [6.45, 7) is 6.71. The predicted molar refractivity (Wildman–Crippen MR) is 63.9 cm³/mol. The normalized spacial score (nSPS) is 12.3. The maximum Gasteiger partial charge on any atom is 0.233 e. The number of carbonyl (C=O) groups is 2. The lowest BCUT2D eigenvalue weighted by Gasteiger charge is -2.14. The number of amides is 2. The minimum atomic E-state index is -0.306. The molecule has 0 radical (unpaired) electrons. The maximum absolute atomic E-state index is 11.4. The highest BCUT2D eigenvalue weighted by molar-refractivity contribution is 7.81. The van der Waals surface area contributed by atoms with Crippen molar-refractivity contribution in [3.05, 3.63) is 0 Å². The first-order valence-electron chi connectivity index (χ1n) is 5.21. The first-order chi connectivity index (χ1) is 6.99. The lowest BCUT2D eigenvalue weighted by Crippen LogP contribution is -2.36. The average molecular weight is 232 g/mol. The van der Waals surface area contributed by atoms with Gasteiger partial charge in [0.25, 0.3) is 0 Å². The molecule has 0 aromatic heterocycles. The molecule has 4 nitrogen and oxygen atoms in total. The van der Waals surface area contributed by atoms with Gasteiger partial charge in [0, 0.05) is 19.5 Å². The molecule has 1 unspecified atom stereocenters.